The molecule has 0 aliphatic heterocycles. The Balaban J connectivity index is 2.10. The van der Waals surface area contributed by atoms with Gasteiger partial charge in [0.1, 0.15) is 17.0 Å². The van der Waals surface area contributed by atoms with Gasteiger partial charge in [-0.1, -0.05) is 13.8 Å². The average Bonchev–Trinajstić information content (AvgIpc) is 3.19. The van der Waals surface area contributed by atoms with Crippen LogP contribution < -0.4 is 15.8 Å². The number of fused-ring (bicyclic) bond motifs is 1. The van der Waals surface area contributed by atoms with Gasteiger partial charge in [0.2, 0.25) is 5.89 Å². The Morgan fingerprint density at radius 2 is 1.97 bits per heavy atom. The van der Waals surface area contributed by atoms with E-state index >= 15 is 0 Å². The molecular weight excluding hydrogens is 429 g/mol. The Hall–Kier alpha value is -3.18. The summed E-state index contributed by atoms with van der Waals surface area (Å²) in [5.74, 6) is -0.377. The highest BCUT2D eigenvalue weighted by Gasteiger charge is 2.33. The summed E-state index contributed by atoms with van der Waals surface area (Å²) in [5, 5.41) is 12.4. The van der Waals surface area contributed by atoms with Gasteiger partial charge in [-0.05, 0) is 30.2 Å². The minimum Gasteiger partial charge on any atom is -0.494 e. The molecule has 1 atom stereocenters. The zero-order valence-electron chi connectivity index (χ0n) is 17.7. The Morgan fingerprint density at radius 3 is 2.53 bits per heavy atom. The molecule has 0 radical (unpaired) electrons. The first-order chi connectivity index (χ1) is 15.1. The fraction of sp³-hybridized carbons (Fsp3) is 0.381. The molecule has 3 aromatic rings. The standard InChI is InChI=1S/C21H23F3N4O4/c1-10(2)13(9-29)26-19(30)18-15(8-25)32-20(28-18)12-4-6-14(31-3)17-11(12)5-7-16(27-17)21(22,23)24/h4-7,10,13,29H,8-9,25H2,1-3H3,(H,26,30). The van der Waals surface area contributed by atoms with Gasteiger partial charge in [-0.25, -0.2) is 9.97 Å². The maximum Gasteiger partial charge on any atom is 0.433 e. The van der Waals surface area contributed by atoms with E-state index in [9.17, 15) is 23.1 Å². The third kappa shape index (κ3) is 4.53. The third-order valence-corrected chi connectivity index (χ3v) is 4.98. The number of hydrogen-bond acceptors (Lipinski definition) is 7. The van der Waals surface area contributed by atoms with Crippen molar-refractivity contribution in [2.75, 3.05) is 13.7 Å². The zero-order chi connectivity index (χ0) is 23.6. The van der Waals surface area contributed by atoms with Gasteiger partial charge in [0, 0.05) is 10.9 Å². The number of aromatic nitrogens is 2. The molecule has 4 N–H and O–H groups in total. The molecule has 11 heteroatoms. The van der Waals surface area contributed by atoms with Gasteiger partial charge < -0.3 is 25.3 Å². The molecule has 0 bridgehead atoms. The number of nitrogens with one attached hydrogen (secondary N) is 1. The van der Waals surface area contributed by atoms with Crippen molar-refractivity contribution < 1.29 is 32.2 Å². The molecule has 172 valence electrons. The second-order valence-corrected chi connectivity index (χ2v) is 7.41. The smallest absolute Gasteiger partial charge is 0.433 e. The second-order valence-electron chi connectivity index (χ2n) is 7.41. The summed E-state index contributed by atoms with van der Waals surface area (Å²) in [6.07, 6.45) is -4.63. The molecule has 3 rings (SSSR count). The summed E-state index contributed by atoms with van der Waals surface area (Å²) in [4.78, 5) is 20.7. The van der Waals surface area contributed by atoms with Crippen molar-refractivity contribution in [3.05, 3.63) is 41.4 Å². The van der Waals surface area contributed by atoms with E-state index in [1.807, 2.05) is 13.8 Å². The summed E-state index contributed by atoms with van der Waals surface area (Å²) >= 11 is 0. The topological polar surface area (TPSA) is 124 Å². The van der Waals surface area contributed by atoms with E-state index in [1.54, 1.807) is 6.07 Å². The fourth-order valence-corrected chi connectivity index (χ4v) is 3.14. The lowest BCUT2D eigenvalue weighted by atomic mass is 10.1. The molecule has 0 spiro atoms. The Morgan fingerprint density at radius 1 is 1.25 bits per heavy atom. The van der Waals surface area contributed by atoms with Gasteiger partial charge in [0.15, 0.2) is 11.5 Å². The van der Waals surface area contributed by atoms with Gasteiger partial charge in [0.25, 0.3) is 5.91 Å². The molecule has 8 nitrogen and oxygen atoms in total. The highest BCUT2D eigenvalue weighted by Crippen LogP contribution is 2.36. The number of ether oxygens (including phenoxy) is 1. The predicted octanol–water partition coefficient (Wildman–Crippen LogP) is 3.12. The number of aliphatic hydroxyl groups excluding tert-OH is 1. The molecule has 1 aromatic carbocycles. The molecule has 2 heterocycles. The number of aliphatic hydroxyl groups is 1. The van der Waals surface area contributed by atoms with Crippen LogP contribution in [0, 0.1) is 5.92 Å². The predicted molar refractivity (Wildman–Crippen MR) is 110 cm³/mol. The molecule has 1 amide bonds. The second kappa shape index (κ2) is 9.13. The Kier molecular flexibility index (Phi) is 6.70. The maximum atomic E-state index is 13.1. The number of carbonyl (C=O) groups excluding carboxylic acids is 1. The number of carbonyl (C=O) groups is 1. The van der Waals surface area contributed by atoms with Crippen LogP contribution in [-0.2, 0) is 12.7 Å². The number of amides is 1. The minimum atomic E-state index is -4.63. The van der Waals surface area contributed by atoms with Gasteiger partial charge in [0.05, 0.1) is 26.3 Å². The van der Waals surface area contributed by atoms with Crippen molar-refractivity contribution in [3.8, 4) is 17.2 Å². The first-order valence-electron chi connectivity index (χ1n) is 9.77. The number of alkyl halides is 3. The third-order valence-electron chi connectivity index (χ3n) is 4.98. The monoisotopic (exact) mass is 452 g/mol. The molecule has 0 saturated carbocycles. The highest BCUT2D eigenvalue weighted by atomic mass is 19.4. The van der Waals surface area contributed by atoms with Crippen LogP contribution in [0.1, 0.15) is 35.8 Å². The lowest BCUT2D eigenvalue weighted by Gasteiger charge is -2.19. The number of benzene rings is 1. The van der Waals surface area contributed by atoms with Crippen LogP contribution in [0.4, 0.5) is 13.2 Å². The number of hydrogen-bond donors (Lipinski definition) is 3. The van der Waals surface area contributed by atoms with Crippen molar-refractivity contribution in [2.24, 2.45) is 11.7 Å². The van der Waals surface area contributed by atoms with Crippen LogP contribution in [0.3, 0.4) is 0 Å². The largest absolute Gasteiger partial charge is 0.494 e. The van der Waals surface area contributed by atoms with E-state index in [-0.39, 0.29) is 47.7 Å². The number of oxazole rings is 1. The van der Waals surface area contributed by atoms with Crippen LogP contribution in [0.25, 0.3) is 22.4 Å². The minimum absolute atomic E-state index is 0.00472. The number of nitrogens with zero attached hydrogens (tertiary/aromatic N) is 2. The SMILES string of the molecule is COc1ccc(-c2nc(C(=O)NC(CO)C(C)C)c(CN)o2)c2ccc(C(F)(F)F)nc12. The van der Waals surface area contributed by atoms with Gasteiger partial charge in [-0.15, -0.1) is 0 Å². The summed E-state index contributed by atoms with van der Waals surface area (Å²) < 4.78 is 50.3. The number of pyridine rings is 1. The molecule has 1 unspecified atom stereocenters. The van der Waals surface area contributed by atoms with Gasteiger partial charge in [-0.3, -0.25) is 4.79 Å². The molecule has 0 saturated heterocycles. The van der Waals surface area contributed by atoms with Crippen molar-refractivity contribution >= 4 is 16.8 Å². The van der Waals surface area contributed by atoms with Crippen LogP contribution in [0.15, 0.2) is 28.7 Å². The van der Waals surface area contributed by atoms with Crippen molar-refractivity contribution in [3.63, 3.8) is 0 Å². The van der Waals surface area contributed by atoms with Crippen LogP contribution in [0.2, 0.25) is 0 Å². The highest BCUT2D eigenvalue weighted by molar-refractivity contribution is 5.98. The molecule has 0 aliphatic rings. The normalized spacial score (nSPS) is 12.9. The van der Waals surface area contributed by atoms with Crippen LogP contribution in [0.5, 0.6) is 5.75 Å². The molecule has 2 aromatic heterocycles. The summed E-state index contributed by atoms with van der Waals surface area (Å²) in [6, 6.07) is 4.59. The number of nitrogens with two attached hydrogens (primary N) is 1. The fourth-order valence-electron chi connectivity index (χ4n) is 3.14. The van der Waals surface area contributed by atoms with E-state index in [1.165, 1.54) is 19.2 Å². The van der Waals surface area contributed by atoms with Crippen molar-refractivity contribution in [2.45, 2.75) is 32.6 Å². The quantitative estimate of drug-likeness (QED) is 0.503. The lowest BCUT2D eigenvalue weighted by Crippen LogP contribution is -2.41. The van der Waals surface area contributed by atoms with E-state index in [0.29, 0.717) is 10.9 Å². The first-order valence-corrected chi connectivity index (χ1v) is 9.77. The number of rotatable bonds is 7. The molecular formula is C21H23F3N4O4. The zero-order valence-corrected chi connectivity index (χ0v) is 17.7. The summed E-state index contributed by atoms with van der Waals surface area (Å²) in [6.45, 7) is 3.28. The maximum absolute atomic E-state index is 13.1. The van der Waals surface area contributed by atoms with E-state index in [0.717, 1.165) is 6.07 Å². The molecule has 0 aliphatic carbocycles. The summed E-state index contributed by atoms with van der Waals surface area (Å²) in [7, 11) is 1.32. The molecule has 32 heavy (non-hydrogen) atoms. The lowest BCUT2D eigenvalue weighted by molar-refractivity contribution is -0.140. The summed E-state index contributed by atoms with van der Waals surface area (Å²) in [5.41, 5.74) is 4.86. The van der Waals surface area contributed by atoms with E-state index in [2.05, 4.69) is 15.3 Å². The van der Waals surface area contributed by atoms with E-state index in [4.69, 9.17) is 14.9 Å². The Bertz CT molecular complexity index is 1130. The first kappa shape index (κ1) is 23.5. The average molecular weight is 452 g/mol. The number of methoxy groups -OCH3 is 1. The number of halogens is 3. The van der Waals surface area contributed by atoms with Crippen LogP contribution >= 0.6 is 0 Å². The molecule has 0 fully saturated rings. The van der Waals surface area contributed by atoms with Gasteiger partial charge in [-0.2, -0.15) is 13.2 Å². The van der Waals surface area contributed by atoms with Gasteiger partial charge >= 0.3 is 6.18 Å². The Labute approximate surface area is 181 Å². The van der Waals surface area contributed by atoms with Crippen LogP contribution in [-0.4, -0.2) is 40.7 Å². The van der Waals surface area contributed by atoms with Crippen molar-refractivity contribution in [1.82, 2.24) is 15.3 Å². The van der Waals surface area contributed by atoms with E-state index < -0.39 is 23.8 Å². The van der Waals surface area contributed by atoms with Crippen molar-refractivity contribution in [1.29, 1.82) is 0 Å².